The lowest BCUT2D eigenvalue weighted by Gasteiger charge is -2.33. The maximum absolute atomic E-state index is 11.7. The summed E-state index contributed by atoms with van der Waals surface area (Å²) in [5, 5.41) is 0. The second-order valence-corrected chi connectivity index (χ2v) is 4.94. The predicted molar refractivity (Wildman–Crippen MR) is 52.2 cm³/mol. The van der Waals surface area contributed by atoms with E-state index in [0.29, 0.717) is 5.91 Å². The maximum atomic E-state index is 11.7. The van der Waals surface area contributed by atoms with Gasteiger partial charge in [0.05, 0.1) is 0 Å². The minimum absolute atomic E-state index is 0.178. The van der Waals surface area contributed by atoms with E-state index in [4.69, 9.17) is 0 Å². The fraction of sp³-hybridized carbons (Fsp3) is 0.909. The molecule has 0 spiro atoms. The van der Waals surface area contributed by atoms with Crippen molar-refractivity contribution in [1.82, 2.24) is 4.90 Å². The summed E-state index contributed by atoms with van der Waals surface area (Å²) in [5.41, 5.74) is 0. The van der Waals surface area contributed by atoms with Gasteiger partial charge in [0.1, 0.15) is 0 Å². The number of nitrogens with zero attached hydrogens (tertiary/aromatic N) is 1. The molecule has 2 aliphatic rings. The minimum atomic E-state index is 0.178. The third-order valence-corrected chi connectivity index (χ3v) is 3.41. The van der Waals surface area contributed by atoms with E-state index in [9.17, 15) is 4.79 Å². The van der Waals surface area contributed by atoms with Crippen LogP contribution in [0.25, 0.3) is 0 Å². The van der Waals surface area contributed by atoms with Gasteiger partial charge in [-0.2, -0.15) is 0 Å². The Morgan fingerprint density at radius 2 is 1.77 bits per heavy atom. The molecule has 2 rings (SSSR count). The van der Waals surface area contributed by atoms with E-state index in [1.54, 1.807) is 0 Å². The van der Waals surface area contributed by atoms with E-state index in [0.717, 1.165) is 24.9 Å². The number of carbonyl (C=O) groups is 1. The number of likely N-dealkylation sites (tertiary alicyclic amines) is 1. The first-order valence-corrected chi connectivity index (χ1v) is 5.45. The lowest BCUT2D eigenvalue weighted by Crippen LogP contribution is -2.42. The highest BCUT2D eigenvalue weighted by molar-refractivity contribution is 5.78. The molecule has 0 aromatic heterocycles. The molecular weight excluding hydrogens is 162 g/mol. The summed E-state index contributed by atoms with van der Waals surface area (Å²) in [6, 6.07) is 0. The molecule has 0 aromatic carbocycles. The van der Waals surface area contributed by atoms with E-state index in [1.807, 2.05) is 13.8 Å². The summed E-state index contributed by atoms with van der Waals surface area (Å²) < 4.78 is 0. The molecule has 2 heteroatoms. The number of carbonyl (C=O) groups excluding carboxylic acids is 1. The number of hydrogen-bond acceptors (Lipinski definition) is 1. The molecule has 0 aromatic rings. The molecular formula is C11H19NO. The largest absolute Gasteiger partial charge is 0.342 e. The van der Waals surface area contributed by atoms with E-state index >= 15 is 0 Å². The molecule has 1 saturated heterocycles. The van der Waals surface area contributed by atoms with Crippen molar-refractivity contribution in [1.29, 1.82) is 0 Å². The van der Waals surface area contributed by atoms with Crippen LogP contribution in [0.1, 0.15) is 33.1 Å². The first kappa shape index (κ1) is 9.04. The SMILES string of the molecule is CC(C)C(=O)N1CC2CCC(C2)C1. The van der Waals surface area contributed by atoms with Crippen LogP contribution < -0.4 is 0 Å². The van der Waals surface area contributed by atoms with E-state index in [-0.39, 0.29) is 5.92 Å². The quantitative estimate of drug-likeness (QED) is 0.605. The van der Waals surface area contributed by atoms with Crippen molar-refractivity contribution in [3.05, 3.63) is 0 Å². The highest BCUT2D eigenvalue weighted by atomic mass is 16.2. The first-order chi connectivity index (χ1) is 6.16. The smallest absolute Gasteiger partial charge is 0.225 e. The van der Waals surface area contributed by atoms with E-state index < -0.39 is 0 Å². The Labute approximate surface area is 80.3 Å². The van der Waals surface area contributed by atoms with Gasteiger partial charge in [0.2, 0.25) is 5.91 Å². The monoisotopic (exact) mass is 181 g/mol. The lowest BCUT2D eigenvalue weighted by atomic mass is 9.98. The van der Waals surface area contributed by atoms with Gasteiger partial charge < -0.3 is 4.90 Å². The van der Waals surface area contributed by atoms with Crippen LogP contribution >= 0.6 is 0 Å². The average molecular weight is 181 g/mol. The average Bonchev–Trinajstić information content (AvgIpc) is 2.44. The second kappa shape index (κ2) is 3.32. The van der Waals surface area contributed by atoms with Crippen LogP contribution in [0, 0.1) is 17.8 Å². The summed E-state index contributed by atoms with van der Waals surface area (Å²) in [6.07, 6.45) is 4.08. The number of fused-ring (bicyclic) bond motifs is 2. The second-order valence-electron chi connectivity index (χ2n) is 4.94. The van der Waals surface area contributed by atoms with Crippen LogP contribution in [0.5, 0.6) is 0 Å². The van der Waals surface area contributed by atoms with Crippen molar-refractivity contribution in [2.24, 2.45) is 17.8 Å². The fourth-order valence-corrected chi connectivity index (χ4v) is 2.75. The Bertz CT molecular complexity index is 200. The number of piperidine rings is 1. The fourth-order valence-electron chi connectivity index (χ4n) is 2.75. The van der Waals surface area contributed by atoms with Crippen molar-refractivity contribution >= 4 is 5.91 Å². The van der Waals surface area contributed by atoms with Gasteiger partial charge in [-0.15, -0.1) is 0 Å². The minimum Gasteiger partial charge on any atom is -0.342 e. The Morgan fingerprint density at radius 1 is 1.23 bits per heavy atom. The Kier molecular flexibility index (Phi) is 2.31. The molecule has 13 heavy (non-hydrogen) atoms. The molecule has 2 bridgehead atoms. The first-order valence-electron chi connectivity index (χ1n) is 5.45. The Balaban J connectivity index is 1.98. The number of hydrogen-bond donors (Lipinski definition) is 0. The van der Waals surface area contributed by atoms with Crippen LogP contribution in [0.3, 0.4) is 0 Å². The molecule has 2 nitrogen and oxygen atoms in total. The highest BCUT2D eigenvalue weighted by Crippen LogP contribution is 2.36. The Morgan fingerprint density at radius 3 is 2.23 bits per heavy atom. The summed E-state index contributed by atoms with van der Waals surface area (Å²) >= 11 is 0. The molecule has 2 fully saturated rings. The molecule has 2 unspecified atom stereocenters. The summed E-state index contributed by atoms with van der Waals surface area (Å²) in [5.74, 6) is 2.18. The molecule has 2 atom stereocenters. The van der Waals surface area contributed by atoms with E-state index in [1.165, 1.54) is 19.3 Å². The molecule has 1 saturated carbocycles. The molecule has 0 N–H and O–H groups in total. The normalized spacial score (nSPS) is 32.7. The zero-order valence-electron chi connectivity index (χ0n) is 8.62. The van der Waals surface area contributed by atoms with Crippen LogP contribution in [-0.2, 0) is 4.79 Å². The van der Waals surface area contributed by atoms with Crippen molar-refractivity contribution in [2.45, 2.75) is 33.1 Å². The van der Waals surface area contributed by atoms with Gasteiger partial charge in [0.15, 0.2) is 0 Å². The Hall–Kier alpha value is -0.530. The summed E-state index contributed by atoms with van der Waals surface area (Å²) in [7, 11) is 0. The number of rotatable bonds is 1. The molecule has 1 aliphatic carbocycles. The topological polar surface area (TPSA) is 20.3 Å². The third-order valence-electron chi connectivity index (χ3n) is 3.41. The van der Waals surface area contributed by atoms with Gasteiger partial charge in [0, 0.05) is 19.0 Å². The van der Waals surface area contributed by atoms with Gasteiger partial charge in [-0.05, 0) is 31.1 Å². The molecule has 74 valence electrons. The highest BCUT2D eigenvalue weighted by Gasteiger charge is 2.35. The zero-order valence-corrected chi connectivity index (χ0v) is 8.62. The molecule has 0 radical (unpaired) electrons. The van der Waals surface area contributed by atoms with Gasteiger partial charge in [0.25, 0.3) is 0 Å². The van der Waals surface area contributed by atoms with Crippen molar-refractivity contribution in [3.63, 3.8) is 0 Å². The van der Waals surface area contributed by atoms with Crippen LogP contribution in [0.2, 0.25) is 0 Å². The van der Waals surface area contributed by atoms with Crippen molar-refractivity contribution < 1.29 is 4.79 Å². The van der Waals surface area contributed by atoms with Gasteiger partial charge in [-0.25, -0.2) is 0 Å². The standard InChI is InChI=1S/C11H19NO/c1-8(2)11(13)12-6-9-3-4-10(5-9)7-12/h8-10H,3-7H2,1-2H3. The lowest BCUT2D eigenvalue weighted by molar-refractivity contribution is -0.136. The predicted octanol–water partition coefficient (Wildman–Crippen LogP) is 1.90. The molecule has 1 aliphatic heterocycles. The van der Waals surface area contributed by atoms with Crippen LogP contribution in [-0.4, -0.2) is 23.9 Å². The summed E-state index contributed by atoms with van der Waals surface area (Å²) in [4.78, 5) is 13.8. The third kappa shape index (κ3) is 1.72. The molecule has 1 heterocycles. The van der Waals surface area contributed by atoms with Gasteiger partial charge >= 0.3 is 0 Å². The van der Waals surface area contributed by atoms with Crippen molar-refractivity contribution in [3.8, 4) is 0 Å². The maximum Gasteiger partial charge on any atom is 0.225 e. The molecule has 1 amide bonds. The summed E-state index contributed by atoms with van der Waals surface area (Å²) in [6.45, 7) is 6.07. The van der Waals surface area contributed by atoms with E-state index in [2.05, 4.69) is 4.90 Å². The number of amides is 1. The van der Waals surface area contributed by atoms with Crippen molar-refractivity contribution in [2.75, 3.05) is 13.1 Å². The van der Waals surface area contributed by atoms with Gasteiger partial charge in [-0.1, -0.05) is 13.8 Å². The van der Waals surface area contributed by atoms with Crippen LogP contribution in [0.4, 0.5) is 0 Å². The van der Waals surface area contributed by atoms with Crippen LogP contribution in [0.15, 0.2) is 0 Å². The zero-order chi connectivity index (χ0) is 9.42. The van der Waals surface area contributed by atoms with Gasteiger partial charge in [-0.3, -0.25) is 4.79 Å².